The summed E-state index contributed by atoms with van der Waals surface area (Å²) in [6.45, 7) is 9.52. The molecule has 0 aliphatic heterocycles. The van der Waals surface area contributed by atoms with Crippen LogP contribution in [0.4, 0.5) is 4.79 Å². The van der Waals surface area contributed by atoms with Gasteiger partial charge in [0.15, 0.2) is 0 Å². The molecule has 1 atom stereocenters. The summed E-state index contributed by atoms with van der Waals surface area (Å²) in [6, 6.07) is 0.396. The number of urea groups is 1. The first-order valence-electron chi connectivity index (χ1n) is 6.62. The molecule has 0 aromatic carbocycles. The molecule has 0 radical (unpaired) electrons. The Labute approximate surface area is 99.4 Å². The average molecular weight is 226 g/mol. The number of carbonyl (C=O) groups excluding carboxylic acids is 1. The van der Waals surface area contributed by atoms with Gasteiger partial charge in [-0.3, -0.25) is 0 Å². The third-order valence-electron chi connectivity index (χ3n) is 3.78. The van der Waals surface area contributed by atoms with Gasteiger partial charge in [-0.25, -0.2) is 4.79 Å². The Hall–Kier alpha value is -0.730. The molecule has 1 saturated carbocycles. The van der Waals surface area contributed by atoms with Crippen molar-refractivity contribution in [1.82, 2.24) is 10.6 Å². The SMILES string of the molecule is CCNC(=O)NC1CC(C(CC)C(C)C)C1. The Morgan fingerprint density at radius 2 is 1.94 bits per heavy atom. The van der Waals surface area contributed by atoms with Crippen molar-refractivity contribution >= 4 is 6.03 Å². The summed E-state index contributed by atoms with van der Waals surface area (Å²) >= 11 is 0. The zero-order chi connectivity index (χ0) is 12.1. The Morgan fingerprint density at radius 1 is 1.31 bits per heavy atom. The maximum atomic E-state index is 11.3. The molecule has 0 saturated heterocycles. The monoisotopic (exact) mass is 226 g/mol. The van der Waals surface area contributed by atoms with Gasteiger partial charge in [-0.15, -0.1) is 0 Å². The molecular formula is C13H26N2O. The predicted octanol–water partition coefficient (Wildman–Crippen LogP) is 2.77. The molecule has 0 heterocycles. The largest absolute Gasteiger partial charge is 0.338 e. The van der Waals surface area contributed by atoms with Crippen LogP contribution in [-0.2, 0) is 0 Å². The summed E-state index contributed by atoms with van der Waals surface area (Å²) in [6.07, 6.45) is 3.58. The molecule has 1 aliphatic rings. The molecule has 3 heteroatoms. The second-order valence-corrected chi connectivity index (χ2v) is 5.25. The molecule has 94 valence electrons. The molecule has 2 amide bonds. The van der Waals surface area contributed by atoms with Crippen molar-refractivity contribution < 1.29 is 4.79 Å². The highest BCUT2D eigenvalue weighted by atomic mass is 16.2. The Balaban J connectivity index is 2.24. The quantitative estimate of drug-likeness (QED) is 0.743. The van der Waals surface area contributed by atoms with Crippen molar-refractivity contribution in [2.75, 3.05) is 6.54 Å². The smallest absolute Gasteiger partial charge is 0.314 e. The molecule has 1 rings (SSSR count). The van der Waals surface area contributed by atoms with Gasteiger partial charge >= 0.3 is 6.03 Å². The number of nitrogens with one attached hydrogen (secondary N) is 2. The first kappa shape index (κ1) is 13.3. The van der Waals surface area contributed by atoms with Gasteiger partial charge in [-0.05, 0) is 37.5 Å². The van der Waals surface area contributed by atoms with Crippen molar-refractivity contribution in [2.24, 2.45) is 17.8 Å². The number of carbonyl (C=O) groups is 1. The van der Waals surface area contributed by atoms with Gasteiger partial charge in [0, 0.05) is 12.6 Å². The molecule has 3 nitrogen and oxygen atoms in total. The van der Waals surface area contributed by atoms with Gasteiger partial charge in [0.05, 0.1) is 0 Å². The first-order chi connectivity index (χ1) is 7.58. The van der Waals surface area contributed by atoms with E-state index < -0.39 is 0 Å². The Kier molecular flexibility index (Phi) is 5.10. The van der Waals surface area contributed by atoms with Crippen LogP contribution in [0.25, 0.3) is 0 Å². The highest BCUT2D eigenvalue weighted by Crippen LogP contribution is 2.39. The maximum Gasteiger partial charge on any atom is 0.314 e. The minimum atomic E-state index is -0.0106. The van der Waals surface area contributed by atoms with E-state index in [-0.39, 0.29) is 6.03 Å². The lowest BCUT2D eigenvalue weighted by Crippen LogP contribution is -2.50. The Morgan fingerprint density at radius 3 is 2.38 bits per heavy atom. The van der Waals surface area contributed by atoms with Crippen LogP contribution in [0.15, 0.2) is 0 Å². The summed E-state index contributed by atoms with van der Waals surface area (Å²) in [5.41, 5.74) is 0. The normalized spacial score (nSPS) is 26.1. The van der Waals surface area contributed by atoms with Gasteiger partial charge in [0.2, 0.25) is 0 Å². The van der Waals surface area contributed by atoms with E-state index in [9.17, 15) is 4.79 Å². The zero-order valence-electron chi connectivity index (χ0n) is 11.0. The van der Waals surface area contributed by atoms with Crippen LogP contribution < -0.4 is 10.6 Å². The number of rotatable bonds is 5. The molecule has 0 bridgehead atoms. The Bertz CT molecular complexity index is 222. The van der Waals surface area contributed by atoms with Crippen molar-refractivity contribution in [3.63, 3.8) is 0 Å². The van der Waals surface area contributed by atoms with Crippen molar-refractivity contribution in [2.45, 2.75) is 53.0 Å². The van der Waals surface area contributed by atoms with Crippen molar-refractivity contribution in [1.29, 1.82) is 0 Å². The van der Waals surface area contributed by atoms with E-state index in [0.29, 0.717) is 12.6 Å². The lowest BCUT2D eigenvalue weighted by Gasteiger charge is -2.42. The topological polar surface area (TPSA) is 41.1 Å². The van der Waals surface area contributed by atoms with Gasteiger partial charge in [-0.1, -0.05) is 27.2 Å². The van der Waals surface area contributed by atoms with Crippen LogP contribution in [-0.4, -0.2) is 18.6 Å². The molecule has 0 aromatic rings. The lowest BCUT2D eigenvalue weighted by atomic mass is 9.68. The molecule has 1 fully saturated rings. The molecule has 0 aromatic heterocycles. The van der Waals surface area contributed by atoms with Gasteiger partial charge in [0.1, 0.15) is 0 Å². The van der Waals surface area contributed by atoms with E-state index in [2.05, 4.69) is 31.4 Å². The molecular weight excluding hydrogens is 200 g/mol. The second-order valence-electron chi connectivity index (χ2n) is 5.25. The van der Waals surface area contributed by atoms with E-state index >= 15 is 0 Å². The van der Waals surface area contributed by atoms with Gasteiger partial charge < -0.3 is 10.6 Å². The second kappa shape index (κ2) is 6.12. The fourth-order valence-electron chi connectivity index (χ4n) is 2.88. The summed E-state index contributed by atoms with van der Waals surface area (Å²) in [4.78, 5) is 11.3. The van der Waals surface area contributed by atoms with Crippen LogP contribution in [0, 0.1) is 17.8 Å². The van der Waals surface area contributed by atoms with Crippen LogP contribution in [0.2, 0.25) is 0 Å². The van der Waals surface area contributed by atoms with E-state index in [1.807, 2.05) is 6.92 Å². The number of amides is 2. The standard InChI is InChI=1S/C13H26N2O/c1-5-12(9(3)4)10-7-11(8-10)15-13(16)14-6-2/h9-12H,5-8H2,1-4H3,(H2,14,15,16). The highest BCUT2D eigenvalue weighted by molar-refractivity contribution is 5.74. The number of hydrogen-bond acceptors (Lipinski definition) is 1. The molecule has 1 unspecified atom stereocenters. The summed E-state index contributed by atoms with van der Waals surface area (Å²) in [5.74, 6) is 2.41. The summed E-state index contributed by atoms with van der Waals surface area (Å²) in [7, 11) is 0. The first-order valence-corrected chi connectivity index (χ1v) is 6.62. The summed E-state index contributed by atoms with van der Waals surface area (Å²) < 4.78 is 0. The van der Waals surface area contributed by atoms with Crippen LogP contribution >= 0.6 is 0 Å². The van der Waals surface area contributed by atoms with E-state index in [1.54, 1.807) is 0 Å². The minimum Gasteiger partial charge on any atom is -0.338 e. The van der Waals surface area contributed by atoms with Gasteiger partial charge in [-0.2, -0.15) is 0 Å². The third kappa shape index (κ3) is 3.39. The van der Waals surface area contributed by atoms with Gasteiger partial charge in [0.25, 0.3) is 0 Å². The van der Waals surface area contributed by atoms with Crippen LogP contribution in [0.1, 0.15) is 47.0 Å². The van der Waals surface area contributed by atoms with Crippen molar-refractivity contribution in [3.8, 4) is 0 Å². The number of hydrogen-bond donors (Lipinski definition) is 2. The molecule has 0 spiro atoms. The molecule has 2 N–H and O–H groups in total. The minimum absolute atomic E-state index is 0.0106. The van der Waals surface area contributed by atoms with E-state index in [4.69, 9.17) is 0 Å². The summed E-state index contributed by atoms with van der Waals surface area (Å²) in [5, 5.41) is 5.79. The fraction of sp³-hybridized carbons (Fsp3) is 0.923. The van der Waals surface area contributed by atoms with Crippen LogP contribution in [0.3, 0.4) is 0 Å². The molecule has 1 aliphatic carbocycles. The lowest BCUT2D eigenvalue weighted by molar-refractivity contribution is 0.117. The van der Waals surface area contributed by atoms with E-state index in [1.165, 1.54) is 6.42 Å². The van der Waals surface area contributed by atoms with Crippen LogP contribution in [0.5, 0.6) is 0 Å². The maximum absolute atomic E-state index is 11.3. The third-order valence-corrected chi connectivity index (χ3v) is 3.78. The molecule has 16 heavy (non-hydrogen) atoms. The zero-order valence-corrected chi connectivity index (χ0v) is 11.0. The average Bonchev–Trinajstić information content (AvgIpc) is 2.14. The fourth-order valence-corrected chi connectivity index (χ4v) is 2.88. The highest BCUT2D eigenvalue weighted by Gasteiger charge is 2.35. The van der Waals surface area contributed by atoms with E-state index in [0.717, 1.165) is 30.6 Å². The van der Waals surface area contributed by atoms with Crippen molar-refractivity contribution in [3.05, 3.63) is 0 Å². The predicted molar refractivity (Wildman–Crippen MR) is 67.3 cm³/mol.